The molecule has 0 amide bonds. The Morgan fingerprint density at radius 3 is 2.83 bits per heavy atom. The number of nitrogens with zero attached hydrogens (tertiary/aromatic N) is 1. The van der Waals surface area contributed by atoms with Crippen LogP contribution in [0.15, 0.2) is 57.8 Å². The fourth-order valence-corrected chi connectivity index (χ4v) is 3.62. The number of aromatic amines is 1. The maximum atomic E-state index is 11.8. The Balaban J connectivity index is 1.84. The number of H-pyrrole nitrogens is 1. The van der Waals surface area contributed by atoms with Crippen LogP contribution in [0.25, 0.3) is 10.6 Å². The second-order valence-electron chi connectivity index (χ2n) is 4.66. The van der Waals surface area contributed by atoms with Gasteiger partial charge in [0.15, 0.2) is 5.16 Å². The summed E-state index contributed by atoms with van der Waals surface area (Å²) in [5.74, 6) is -0.547. The number of hydrogen-bond donors (Lipinski definition) is 2. The molecule has 0 aliphatic carbocycles. The first-order chi connectivity index (χ1) is 11.1. The van der Waals surface area contributed by atoms with Gasteiger partial charge < -0.3 is 10.1 Å². The summed E-state index contributed by atoms with van der Waals surface area (Å²) in [7, 11) is 0. The van der Waals surface area contributed by atoms with E-state index in [4.69, 9.17) is 0 Å². The minimum atomic E-state index is -0.963. The highest BCUT2D eigenvalue weighted by Gasteiger charge is 2.11. The molecule has 3 aromatic rings. The van der Waals surface area contributed by atoms with Gasteiger partial charge in [0, 0.05) is 11.8 Å². The first-order valence-corrected chi connectivity index (χ1v) is 8.59. The molecule has 0 aliphatic rings. The van der Waals surface area contributed by atoms with Crippen LogP contribution in [0.5, 0.6) is 0 Å². The average Bonchev–Trinajstić information content (AvgIpc) is 3.07. The molecule has 2 N–H and O–H groups in total. The molecule has 0 aliphatic heterocycles. The van der Waals surface area contributed by atoms with Gasteiger partial charge in [0.25, 0.3) is 5.56 Å². The van der Waals surface area contributed by atoms with Gasteiger partial charge in [-0.25, -0.2) is 9.78 Å². The Bertz CT molecular complexity index is 888. The molecule has 0 bridgehead atoms. The summed E-state index contributed by atoms with van der Waals surface area (Å²) in [5.41, 5.74) is 1.35. The van der Waals surface area contributed by atoms with E-state index >= 15 is 0 Å². The second-order valence-corrected chi connectivity index (χ2v) is 6.58. The number of nitrogens with one attached hydrogen (secondary N) is 1. The second kappa shape index (κ2) is 6.80. The highest BCUT2D eigenvalue weighted by molar-refractivity contribution is 7.98. The summed E-state index contributed by atoms with van der Waals surface area (Å²) in [6, 6.07) is 12.1. The average molecular weight is 344 g/mol. The molecule has 2 heterocycles. The van der Waals surface area contributed by atoms with Gasteiger partial charge in [-0.05, 0) is 23.1 Å². The van der Waals surface area contributed by atoms with Crippen molar-refractivity contribution in [3.63, 3.8) is 0 Å². The van der Waals surface area contributed by atoms with Crippen LogP contribution in [-0.4, -0.2) is 21.0 Å². The van der Waals surface area contributed by atoms with Crippen LogP contribution in [0.4, 0.5) is 0 Å². The van der Waals surface area contributed by atoms with Crippen LogP contribution in [0.1, 0.15) is 15.9 Å². The predicted octanol–water partition coefficient (Wildman–Crippen LogP) is 3.49. The maximum absolute atomic E-state index is 11.8. The molecule has 1 aromatic carbocycles. The van der Waals surface area contributed by atoms with Gasteiger partial charge in [0.1, 0.15) is 0 Å². The van der Waals surface area contributed by atoms with Gasteiger partial charge in [-0.15, -0.1) is 11.3 Å². The number of benzene rings is 1. The normalized spacial score (nSPS) is 10.6. The standard InChI is InChI=1S/C16H12N2O3S2/c19-14-8-12(13-6-3-7-22-13)17-16(18-14)23-9-10-4-1-2-5-11(10)15(20)21/h1-8H,9H2,(H,20,21)(H,17,18,19). The van der Waals surface area contributed by atoms with E-state index in [1.165, 1.54) is 29.2 Å². The molecule has 2 aromatic heterocycles. The lowest BCUT2D eigenvalue weighted by Gasteiger charge is -2.06. The van der Waals surface area contributed by atoms with Crippen LogP contribution in [-0.2, 0) is 5.75 Å². The number of hydrogen-bond acceptors (Lipinski definition) is 5. The largest absolute Gasteiger partial charge is 0.478 e. The molecule has 0 atom stereocenters. The fraction of sp³-hybridized carbons (Fsp3) is 0.0625. The molecule has 23 heavy (non-hydrogen) atoms. The van der Waals surface area contributed by atoms with Gasteiger partial charge in [0.05, 0.1) is 16.1 Å². The van der Waals surface area contributed by atoms with Crippen molar-refractivity contribution in [1.29, 1.82) is 0 Å². The van der Waals surface area contributed by atoms with E-state index in [0.29, 0.717) is 22.2 Å². The van der Waals surface area contributed by atoms with Crippen molar-refractivity contribution >= 4 is 29.1 Å². The highest BCUT2D eigenvalue weighted by atomic mass is 32.2. The molecule has 0 saturated heterocycles. The van der Waals surface area contributed by atoms with Crippen molar-refractivity contribution in [2.24, 2.45) is 0 Å². The Morgan fingerprint density at radius 1 is 1.26 bits per heavy atom. The van der Waals surface area contributed by atoms with Crippen LogP contribution in [0.2, 0.25) is 0 Å². The van der Waals surface area contributed by atoms with Gasteiger partial charge in [-0.1, -0.05) is 36.0 Å². The SMILES string of the molecule is O=C(O)c1ccccc1CSc1nc(-c2cccs2)cc(=O)[nH]1. The summed E-state index contributed by atoms with van der Waals surface area (Å²) >= 11 is 2.82. The number of aromatic nitrogens is 2. The van der Waals surface area contributed by atoms with E-state index in [9.17, 15) is 14.7 Å². The number of thiophene rings is 1. The molecule has 5 nitrogen and oxygen atoms in total. The van der Waals surface area contributed by atoms with Crippen molar-refractivity contribution in [1.82, 2.24) is 9.97 Å². The molecule has 116 valence electrons. The number of carboxylic acids is 1. The van der Waals surface area contributed by atoms with Crippen molar-refractivity contribution in [2.75, 3.05) is 0 Å². The zero-order valence-corrected chi connectivity index (χ0v) is 13.5. The van der Waals surface area contributed by atoms with E-state index < -0.39 is 5.97 Å². The van der Waals surface area contributed by atoms with Gasteiger partial charge in [-0.2, -0.15) is 0 Å². The van der Waals surface area contributed by atoms with E-state index in [1.54, 1.807) is 24.3 Å². The van der Waals surface area contributed by atoms with Gasteiger partial charge >= 0.3 is 5.97 Å². The lowest BCUT2D eigenvalue weighted by atomic mass is 10.1. The lowest BCUT2D eigenvalue weighted by molar-refractivity contribution is 0.0696. The first-order valence-electron chi connectivity index (χ1n) is 6.73. The zero-order valence-electron chi connectivity index (χ0n) is 11.9. The zero-order chi connectivity index (χ0) is 16.2. The van der Waals surface area contributed by atoms with Crippen molar-refractivity contribution < 1.29 is 9.90 Å². The van der Waals surface area contributed by atoms with E-state index in [1.807, 2.05) is 17.5 Å². The number of carbonyl (C=O) groups is 1. The number of rotatable bonds is 5. The minimum Gasteiger partial charge on any atom is -0.478 e. The topological polar surface area (TPSA) is 83.0 Å². The third kappa shape index (κ3) is 3.69. The van der Waals surface area contributed by atoms with Crippen molar-refractivity contribution in [3.05, 3.63) is 69.3 Å². The molecular weight excluding hydrogens is 332 g/mol. The van der Waals surface area contributed by atoms with Gasteiger partial charge in [0.2, 0.25) is 0 Å². The smallest absolute Gasteiger partial charge is 0.335 e. The molecule has 0 radical (unpaired) electrons. The van der Waals surface area contributed by atoms with E-state index in [2.05, 4.69) is 9.97 Å². The number of carboxylic acid groups (broad SMARTS) is 1. The molecule has 3 rings (SSSR count). The fourth-order valence-electron chi connectivity index (χ4n) is 2.06. The molecule has 0 saturated carbocycles. The Morgan fingerprint density at radius 2 is 2.09 bits per heavy atom. The summed E-state index contributed by atoms with van der Waals surface area (Å²) in [4.78, 5) is 31.0. The molecule has 0 fully saturated rings. The van der Waals surface area contributed by atoms with E-state index in [-0.39, 0.29) is 11.1 Å². The summed E-state index contributed by atoms with van der Waals surface area (Å²) in [6.07, 6.45) is 0. The maximum Gasteiger partial charge on any atom is 0.335 e. The third-order valence-corrected chi connectivity index (χ3v) is 4.92. The van der Waals surface area contributed by atoms with E-state index in [0.717, 1.165) is 4.88 Å². The van der Waals surface area contributed by atoms with Crippen LogP contribution < -0.4 is 5.56 Å². The third-order valence-electron chi connectivity index (χ3n) is 3.11. The number of aromatic carboxylic acids is 1. The lowest BCUT2D eigenvalue weighted by Crippen LogP contribution is -2.08. The van der Waals surface area contributed by atoms with Crippen LogP contribution in [0, 0.1) is 0 Å². The molecule has 0 spiro atoms. The molecule has 0 unspecified atom stereocenters. The highest BCUT2D eigenvalue weighted by Crippen LogP contribution is 2.25. The van der Waals surface area contributed by atoms with Crippen molar-refractivity contribution in [2.45, 2.75) is 10.9 Å². The predicted molar refractivity (Wildman–Crippen MR) is 91.1 cm³/mol. The Kier molecular flexibility index (Phi) is 4.59. The number of thioether (sulfide) groups is 1. The first kappa shape index (κ1) is 15.5. The van der Waals surface area contributed by atoms with Crippen molar-refractivity contribution in [3.8, 4) is 10.6 Å². The molecule has 7 heteroatoms. The molecular formula is C16H12N2O3S2. The summed E-state index contributed by atoms with van der Waals surface area (Å²) in [6.45, 7) is 0. The minimum absolute atomic E-state index is 0.225. The summed E-state index contributed by atoms with van der Waals surface area (Å²) < 4.78 is 0. The monoisotopic (exact) mass is 344 g/mol. The Labute approximate surface area is 140 Å². The quantitative estimate of drug-likeness (QED) is 0.547. The van der Waals surface area contributed by atoms with Crippen LogP contribution in [0.3, 0.4) is 0 Å². The summed E-state index contributed by atoms with van der Waals surface area (Å²) in [5, 5.41) is 11.6. The van der Waals surface area contributed by atoms with Gasteiger partial charge in [-0.3, -0.25) is 4.79 Å². The Hall–Kier alpha value is -2.38. The van der Waals surface area contributed by atoms with Crippen LogP contribution >= 0.6 is 23.1 Å².